The van der Waals surface area contributed by atoms with Crippen LogP contribution in [-0.2, 0) is 11.3 Å². The number of nitrogens with one attached hydrogen (secondary N) is 2. The molecule has 1 saturated heterocycles. The van der Waals surface area contributed by atoms with E-state index in [1.165, 1.54) is 6.42 Å². The number of benzene rings is 1. The minimum atomic E-state index is 0. The van der Waals surface area contributed by atoms with Gasteiger partial charge in [0.1, 0.15) is 0 Å². The molecule has 0 spiro atoms. The molecule has 0 bridgehead atoms. The Bertz CT molecular complexity index is 769. The topological polar surface area (TPSA) is 63.5 Å². The van der Waals surface area contributed by atoms with Crippen molar-refractivity contribution in [3.05, 3.63) is 48.3 Å². The van der Waals surface area contributed by atoms with Gasteiger partial charge in [-0.05, 0) is 30.4 Å². The summed E-state index contributed by atoms with van der Waals surface area (Å²) >= 11 is 0. The molecule has 1 fully saturated rings. The first-order chi connectivity index (χ1) is 13.5. The molecule has 29 heavy (non-hydrogen) atoms. The summed E-state index contributed by atoms with van der Waals surface area (Å²) in [5.41, 5.74) is 2.32. The lowest BCUT2D eigenvalue weighted by molar-refractivity contribution is -0.0835. The van der Waals surface area contributed by atoms with E-state index in [0.29, 0.717) is 12.5 Å². The first-order valence-electron chi connectivity index (χ1n) is 10.1. The molecule has 0 saturated carbocycles. The van der Waals surface area contributed by atoms with Gasteiger partial charge in [0.15, 0.2) is 5.96 Å². The number of rotatable bonds is 5. The highest BCUT2D eigenvalue weighted by molar-refractivity contribution is 14.0. The Morgan fingerprint density at radius 2 is 2.00 bits per heavy atom. The summed E-state index contributed by atoms with van der Waals surface area (Å²) in [6.07, 6.45) is 6.52. The van der Waals surface area contributed by atoms with E-state index >= 15 is 0 Å². The van der Waals surface area contributed by atoms with Crippen LogP contribution >= 0.6 is 24.0 Å². The molecule has 2 N–H and O–H groups in total. The third-order valence-electron chi connectivity index (χ3n) is 5.17. The van der Waals surface area contributed by atoms with E-state index in [2.05, 4.69) is 41.5 Å². The molecular weight excluding hydrogens is 477 g/mol. The second-order valence-electron chi connectivity index (χ2n) is 8.50. The van der Waals surface area contributed by atoms with Gasteiger partial charge < -0.3 is 15.4 Å². The Kier molecular flexibility index (Phi) is 8.95. The summed E-state index contributed by atoms with van der Waals surface area (Å²) in [7, 11) is 1.81. The highest BCUT2D eigenvalue weighted by atomic mass is 127. The first-order valence-corrected chi connectivity index (χ1v) is 10.1. The van der Waals surface area contributed by atoms with Crippen LogP contribution in [0.3, 0.4) is 0 Å². The van der Waals surface area contributed by atoms with Gasteiger partial charge >= 0.3 is 0 Å². The predicted molar refractivity (Wildman–Crippen MR) is 129 cm³/mol. The maximum Gasteiger partial charge on any atom is 0.191 e. The fraction of sp³-hybridized carbons (Fsp3) is 0.545. The zero-order chi connectivity index (χ0) is 20.0. The number of hydrogen-bond acceptors (Lipinski definition) is 3. The molecule has 1 aromatic heterocycles. The largest absolute Gasteiger partial charge is 0.377 e. The fourth-order valence-corrected chi connectivity index (χ4v) is 3.82. The molecule has 1 aliphatic heterocycles. The van der Waals surface area contributed by atoms with Gasteiger partial charge in [-0.15, -0.1) is 24.0 Å². The summed E-state index contributed by atoms with van der Waals surface area (Å²) in [6, 6.07) is 10.1. The van der Waals surface area contributed by atoms with Crippen molar-refractivity contribution in [2.75, 3.05) is 20.2 Å². The molecule has 1 aliphatic rings. The number of aliphatic imine (C=N–C) groups is 1. The van der Waals surface area contributed by atoms with Crippen molar-refractivity contribution in [2.24, 2.45) is 16.3 Å². The average Bonchev–Trinajstić information content (AvgIpc) is 3.17. The smallest absolute Gasteiger partial charge is 0.191 e. The van der Waals surface area contributed by atoms with Crippen LogP contribution in [0, 0.1) is 11.3 Å². The normalized spacial score (nSPS) is 20.1. The first kappa shape index (κ1) is 23.7. The van der Waals surface area contributed by atoms with Crippen molar-refractivity contribution in [3.63, 3.8) is 0 Å². The summed E-state index contributed by atoms with van der Waals surface area (Å²) in [5.74, 6) is 1.30. The average molecular weight is 511 g/mol. The highest BCUT2D eigenvalue weighted by Gasteiger charge is 2.35. The zero-order valence-corrected chi connectivity index (χ0v) is 20.2. The number of ether oxygens (including phenoxy) is 1. The number of para-hydroxylation sites is 1. The summed E-state index contributed by atoms with van der Waals surface area (Å²) in [4.78, 5) is 4.37. The molecular formula is C22H34IN5O. The van der Waals surface area contributed by atoms with Crippen LogP contribution in [-0.4, -0.2) is 42.0 Å². The van der Waals surface area contributed by atoms with Crippen LogP contribution in [0.5, 0.6) is 0 Å². The van der Waals surface area contributed by atoms with E-state index in [4.69, 9.17) is 4.74 Å². The molecule has 6 nitrogen and oxygen atoms in total. The zero-order valence-electron chi connectivity index (χ0n) is 17.9. The van der Waals surface area contributed by atoms with Crippen molar-refractivity contribution in [1.29, 1.82) is 0 Å². The lowest BCUT2D eigenvalue weighted by atomic mass is 9.78. The van der Waals surface area contributed by atoms with Crippen LogP contribution in [0.4, 0.5) is 0 Å². The molecule has 0 radical (unpaired) electrons. The molecule has 3 rings (SSSR count). The third-order valence-corrected chi connectivity index (χ3v) is 5.17. The van der Waals surface area contributed by atoms with Crippen LogP contribution in [0.25, 0.3) is 5.69 Å². The van der Waals surface area contributed by atoms with Gasteiger partial charge in [-0.1, -0.05) is 39.0 Å². The highest BCUT2D eigenvalue weighted by Crippen LogP contribution is 2.33. The Balaban J connectivity index is 0.00000300. The van der Waals surface area contributed by atoms with Crippen LogP contribution < -0.4 is 10.6 Å². The molecule has 2 heterocycles. The Morgan fingerprint density at radius 1 is 1.24 bits per heavy atom. The number of nitrogens with zero attached hydrogens (tertiary/aromatic N) is 3. The van der Waals surface area contributed by atoms with Crippen LogP contribution in [0.1, 0.15) is 39.2 Å². The SMILES string of the molecule is CN=C(NCc1cnn(-c2ccccc2)c1)NCC1CCCOC1C(C)(C)C.I. The Morgan fingerprint density at radius 3 is 2.69 bits per heavy atom. The van der Waals surface area contributed by atoms with Gasteiger partial charge in [0.25, 0.3) is 0 Å². The van der Waals surface area contributed by atoms with Crippen molar-refractivity contribution >= 4 is 29.9 Å². The van der Waals surface area contributed by atoms with Crippen LogP contribution in [0.2, 0.25) is 0 Å². The molecule has 2 aromatic rings. The van der Waals surface area contributed by atoms with Crippen molar-refractivity contribution < 1.29 is 4.74 Å². The van der Waals surface area contributed by atoms with Gasteiger partial charge in [0.2, 0.25) is 0 Å². The maximum absolute atomic E-state index is 6.08. The standard InChI is InChI=1S/C22H33N5O.HI/c1-22(2,3)20-18(9-8-12-28-20)15-25-21(23-4)24-13-17-14-26-27(16-17)19-10-6-5-7-11-19;/h5-7,10-11,14,16,18,20H,8-9,12-13,15H2,1-4H3,(H2,23,24,25);1H. The number of hydrogen-bond donors (Lipinski definition) is 2. The second kappa shape index (κ2) is 11.0. The quantitative estimate of drug-likeness (QED) is 0.362. The number of halogens is 1. The van der Waals surface area contributed by atoms with E-state index in [0.717, 1.165) is 36.8 Å². The molecule has 160 valence electrons. The molecule has 0 amide bonds. The van der Waals surface area contributed by atoms with Crippen molar-refractivity contribution in [1.82, 2.24) is 20.4 Å². The summed E-state index contributed by atoms with van der Waals surface area (Å²) in [5, 5.41) is 11.3. The van der Waals surface area contributed by atoms with E-state index < -0.39 is 0 Å². The lowest BCUT2D eigenvalue weighted by Gasteiger charge is -2.40. The Labute approximate surface area is 191 Å². The number of guanidine groups is 1. The van der Waals surface area contributed by atoms with Gasteiger partial charge in [0.05, 0.1) is 18.0 Å². The van der Waals surface area contributed by atoms with E-state index in [9.17, 15) is 0 Å². The van der Waals surface area contributed by atoms with Gasteiger partial charge in [0, 0.05) is 44.4 Å². The van der Waals surface area contributed by atoms with Gasteiger partial charge in [-0.3, -0.25) is 4.99 Å². The molecule has 0 aliphatic carbocycles. The van der Waals surface area contributed by atoms with Crippen LogP contribution in [0.15, 0.2) is 47.7 Å². The fourth-order valence-electron chi connectivity index (χ4n) is 3.82. The summed E-state index contributed by atoms with van der Waals surface area (Å²) in [6.45, 7) is 9.19. The third kappa shape index (κ3) is 6.70. The van der Waals surface area contributed by atoms with E-state index in [1.54, 1.807) is 7.05 Å². The minimum Gasteiger partial charge on any atom is -0.377 e. The predicted octanol–water partition coefficient (Wildman–Crippen LogP) is 4.00. The molecule has 7 heteroatoms. The van der Waals surface area contributed by atoms with Gasteiger partial charge in [-0.2, -0.15) is 5.10 Å². The Hall–Kier alpha value is -1.61. The number of aromatic nitrogens is 2. The van der Waals surface area contributed by atoms with E-state index in [1.807, 2.05) is 47.4 Å². The van der Waals surface area contributed by atoms with E-state index in [-0.39, 0.29) is 35.5 Å². The van der Waals surface area contributed by atoms with Crippen molar-refractivity contribution in [2.45, 2.75) is 46.3 Å². The van der Waals surface area contributed by atoms with Gasteiger partial charge in [-0.25, -0.2) is 4.68 Å². The monoisotopic (exact) mass is 511 g/mol. The minimum absolute atomic E-state index is 0. The van der Waals surface area contributed by atoms with Crippen molar-refractivity contribution in [3.8, 4) is 5.69 Å². The maximum atomic E-state index is 6.08. The summed E-state index contributed by atoms with van der Waals surface area (Å²) < 4.78 is 7.97. The molecule has 1 aromatic carbocycles. The molecule has 2 unspecified atom stereocenters. The lowest BCUT2D eigenvalue weighted by Crippen LogP contribution is -2.47. The molecule has 2 atom stereocenters. The second-order valence-corrected chi connectivity index (χ2v) is 8.50.